The summed E-state index contributed by atoms with van der Waals surface area (Å²) in [5.41, 5.74) is 9.02. The fourth-order valence-corrected chi connectivity index (χ4v) is 2.43. The van der Waals surface area contributed by atoms with E-state index < -0.39 is 24.0 Å². The summed E-state index contributed by atoms with van der Waals surface area (Å²) in [6.07, 6.45) is -1.06. The zero-order valence-corrected chi connectivity index (χ0v) is 13.8. The number of aliphatic hydroxyl groups is 1. The highest BCUT2D eigenvalue weighted by molar-refractivity contribution is 5.89. The summed E-state index contributed by atoms with van der Waals surface area (Å²) in [6, 6.07) is 13.5. The van der Waals surface area contributed by atoms with Gasteiger partial charge >= 0.3 is 0 Å². The lowest BCUT2D eigenvalue weighted by molar-refractivity contribution is -0.133. The van der Waals surface area contributed by atoms with Crippen LogP contribution >= 0.6 is 0 Å². The van der Waals surface area contributed by atoms with Gasteiger partial charge in [-0.25, -0.2) is 0 Å². The van der Waals surface area contributed by atoms with E-state index in [9.17, 15) is 14.7 Å². The van der Waals surface area contributed by atoms with E-state index in [1.54, 1.807) is 30.3 Å². The molecule has 24 heavy (non-hydrogen) atoms. The molecule has 0 fully saturated rings. The third kappa shape index (κ3) is 4.43. The molecule has 2 aromatic carbocycles. The highest BCUT2D eigenvalue weighted by atomic mass is 16.3. The van der Waals surface area contributed by atoms with E-state index >= 15 is 0 Å². The van der Waals surface area contributed by atoms with Crippen LogP contribution in [0.25, 0.3) is 0 Å². The minimum absolute atomic E-state index is 0.281. The molecule has 0 aliphatic heterocycles. The lowest BCUT2D eigenvalue weighted by Gasteiger charge is -2.19. The van der Waals surface area contributed by atoms with Crippen LogP contribution in [0, 0.1) is 13.8 Å². The molecule has 2 atom stereocenters. The first kappa shape index (κ1) is 17.7. The number of primary amides is 1. The van der Waals surface area contributed by atoms with Gasteiger partial charge in [0.25, 0.3) is 5.91 Å². The van der Waals surface area contributed by atoms with E-state index in [4.69, 9.17) is 5.73 Å². The molecule has 0 aliphatic rings. The average Bonchev–Trinajstić information content (AvgIpc) is 2.57. The smallest absolute Gasteiger partial charge is 0.254 e. The normalized spacial score (nSPS) is 13.1. The molecule has 0 saturated heterocycles. The van der Waals surface area contributed by atoms with Gasteiger partial charge in [0, 0.05) is 6.42 Å². The quantitative estimate of drug-likeness (QED) is 0.752. The molecule has 5 heteroatoms. The number of amides is 2. The Balaban J connectivity index is 2.09. The van der Waals surface area contributed by atoms with E-state index in [0.29, 0.717) is 5.56 Å². The van der Waals surface area contributed by atoms with Crippen molar-refractivity contribution >= 4 is 11.8 Å². The van der Waals surface area contributed by atoms with Crippen molar-refractivity contribution in [3.05, 3.63) is 70.8 Å². The minimum atomic E-state index is -1.34. The maximum Gasteiger partial charge on any atom is 0.254 e. The second-order valence-corrected chi connectivity index (χ2v) is 5.90. The monoisotopic (exact) mass is 326 g/mol. The summed E-state index contributed by atoms with van der Waals surface area (Å²) < 4.78 is 0. The molecule has 0 bridgehead atoms. The van der Waals surface area contributed by atoms with Crippen LogP contribution in [0.2, 0.25) is 0 Å². The van der Waals surface area contributed by atoms with Gasteiger partial charge in [0.2, 0.25) is 5.91 Å². The third-order valence-corrected chi connectivity index (χ3v) is 4.03. The van der Waals surface area contributed by atoms with Crippen molar-refractivity contribution < 1.29 is 14.7 Å². The molecule has 126 valence electrons. The van der Waals surface area contributed by atoms with Gasteiger partial charge in [-0.15, -0.1) is 0 Å². The molecule has 0 heterocycles. The van der Waals surface area contributed by atoms with E-state index in [2.05, 4.69) is 5.32 Å². The molecule has 2 rings (SSSR count). The predicted molar refractivity (Wildman–Crippen MR) is 92.1 cm³/mol. The molecule has 0 aromatic heterocycles. The first-order chi connectivity index (χ1) is 11.4. The Bertz CT molecular complexity index is 729. The van der Waals surface area contributed by atoms with Gasteiger partial charge < -0.3 is 16.2 Å². The summed E-state index contributed by atoms with van der Waals surface area (Å²) in [5.74, 6) is -1.28. The van der Waals surface area contributed by atoms with E-state index in [0.717, 1.165) is 16.7 Å². The van der Waals surface area contributed by atoms with Crippen LogP contribution in [0.4, 0.5) is 0 Å². The van der Waals surface area contributed by atoms with Crippen LogP contribution in [-0.4, -0.2) is 23.0 Å². The summed E-state index contributed by atoms with van der Waals surface area (Å²) >= 11 is 0. The van der Waals surface area contributed by atoms with Crippen molar-refractivity contribution in [3.63, 3.8) is 0 Å². The number of carbonyl (C=O) groups excluding carboxylic acids is 2. The number of hydrogen-bond acceptors (Lipinski definition) is 3. The van der Waals surface area contributed by atoms with Gasteiger partial charge in [-0.3, -0.25) is 9.59 Å². The standard InChI is InChI=1S/C19H22N2O3/c1-12-8-9-14(10-13(12)2)11-16(18(20)23)21-19(24)17(22)15-6-4-3-5-7-15/h3-10,16-17,22H,11H2,1-2H3,(H2,20,23)(H,21,24)/t16-,17+/m1/s1. The second-order valence-electron chi connectivity index (χ2n) is 5.90. The van der Waals surface area contributed by atoms with Gasteiger partial charge in [0.05, 0.1) is 0 Å². The van der Waals surface area contributed by atoms with Crippen LogP contribution in [0.3, 0.4) is 0 Å². The molecule has 5 nitrogen and oxygen atoms in total. The Morgan fingerprint density at radius 3 is 2.33 bits per heavy atom. The van der Waals surface area contributed by atoms with Gasteiger partial charge in [0.15, 0.2) is 6.10 Å². The fourth-order valence-electron chi connectivity index (χ4n) is 2.43. The van der Waals surface area contributed by atoms with E-state index in [1.165, 1.54) is 0 Å². The first-order valence-electron chi connectivity index (χ1n) is 7.77. The fraction of sp³-hybridized carbons (Fsp3) is 0.263. The summed E-state index contributed by atoms with van der Waals surface area (Å²) in [7, 11) is 0. The largest absolute Gasteiger partial charge is 0.378 e. The Hall–Kier alpha value is -2.66. The minimum Gasteiger partial charge on any atom is -0.378 e. The Labute approximate surface area is 141 Å². The first-order valence-corrected chi connectivity index (χ1v) is 7.77. The number of aliphatic hydroxyl groups excluding tert-OH is 1. The Kier molecular flexibility index (Phi) is 5.71. The number of benzene rings is 2. The van der Waals surface area contributed by atoms with Crippen LogP contribution in [0.5, 0.6) is 0 Å². The van der Waals surface area contributed by atoms with Crippen molar-refractivity contribution in [2.75, 3.05) is 0 Å². The highest BCUT2D eigenvalue weighted by Gasteiger charge is 2.24. The van der Waals surface area contributed by atoms with Crippen molar-refractivity contribution in [2.45, 2.75) is 32.4 Å². The topological polar surface area (TPSA) is 92.4 Å². The van der Waals surface area contributed by atoms with Crippen molar-refractivity contribution in [1.82, 2.24) is 5.32 Å². The molecule has 0 spiro atoms. The summed E-state index contributed by atoms with van der Waals surface area (Å²) in [5, 5.41) is 12.6. The van der Waals surface area contributed by atoms with E-state index in [1.807, 2.05) is 32.0 Å². The third-order valence-electron chi connectivity index (χ3n) is 4.03. The Morgan fingerprint density at radius 1 is 1.08 bits per heavy atom. The molecule has 0 aliphatic carbocycles. The van der Waals surface area contributed by atoms with Gasteiger partial charge in [-0.2, -0.15) is 0 Å². The van der Waals surface area contributed by atoms with Crippen molar-refractivity contribution in [2.24, 2.45) is 5.73 Å². The van der Waals surface area contributed by atoms with Gasteiger partial charge in [0.1, 0.15) is 6.04 Å². The van der Waals surface area contributed by atoms with Crippen LogP contribution in [-0.2, 0) is 16.0 Å². The molecule has 4 N–H and O–H groups in total. The molecule has 0 unspecified atom stereocenters. The number of nitrogens with one attached hydrogen (secondary N) is 1. The zero-order chi connectivity index (χ0) is 17.7. The molecule has 2 aromatic rings. The number of hydrogen-bond donors (Lipinski definition) is 3. The van der Waals surface area contributed by atoms with Crippen LogP contribution in [0.15, 0.2) is 48.5 Å². The second kappa shape index (κ2) is 7.75. The molecular weight excluding hydrogens is 304 g/mol. The van der Waals surface area contributed by atoms with Crippen LogP contribution in [0.1, 0.15) is 28.4 Å². The summed E-state index contributed by atoms with van der Waals surface area (Å²) in [6.45, 7) is 3.98. The van der Waals surface area contributed by atoms with Crippen LogP contribution < -0.4 is 11.1 Å². The number of carbonyl (C=O) groups is 2. The summed E-state index contributed by atoms with van der Waals surface area (Å²) in [4.78, 5) is 23.9. The maximum atomic E-state index is 12.2. The maximum absolute atomic E-state index is 12.2. The average molecular weight is 326 g/mol. The lowest BCUT2D eigenvalue weighted by atomic mass is 10.00. The Morgan fingerprint density at radius 2 is 1.75 bits per heavy atom. The molecule has 2 amide bonds. The lowest BCUT2D eigenvalue weighted by Crippen LogP contribution is -2.47. The predicted octanol–water partition coefficient (Wildman–Crippen LogP) is 1.55. The van der Waals surface area contributed by atoms with Crippen molar-refractivity contribution in [3.8, 4) is 0 Å². The number of rotatable bonds is 6. The molecule has 0 saturated carbocycles. The number of aryl methyl sites for hydroxylation is 2. The molecule has 0 radical (unpaired) electrons. The van der Waals surface area contributed by atoms with Gasteiger partial charge in [-0.1, -0.05) is 48.5 Å². The zero-order valence-electron chi connectivity index (χ0n) is 13.8. The van der Waals surface area contributed by atoms with E-state index in [-0.39, 0.29) is 6.42 Å². The van der Waals surface area contributed by atoms with Crippen molar-refractivity contribution in [1.29, 1.82) is 0 Å². The van der Waals surface area contributed by atoms with Gasteiger partial charge in [-0.05, 0) is 36.1 Å². The number of nitrogens with two attached hydrogens (primary N) is 1. The SMILES string of the molecule is Cc1ccc(C[C@@H](NC(=O)[C@@H](O)c2ccccc2)C(N)=O)cc1C. The highest BCUT2D eigenvalue weighted by Crippen LogP contribution is 2.14. The molecular formula is C19H22N2O3.